The monoisotopic (exact) mass is 322 g/mol. The van der Waals surface area contributed by atoms with Gasteiger partial charge in [0.1, 0.15) is 0 Å². The summed E-state index contributed by atoms with van der Waals surface area (Å²) in [6, 6.07) is 8.41. The number of hydrogen-bond acceptors (Lipinski definition) is 2. The minimum Gasteiger partial charge on any atom is -0.368 e. The normalized spacial score (nSPS) is 20.3. The predicted molar refractivity (Wildman–Crippen MR) is 80.3 cm³/mol. The standard InChI is InChI=1S/C15H19BrN2O/c16-13-4-6-14(7-5-13)17-8-10-18(11-9-17)15(19)12-2-1-3-12/h4-7,12H,1-3,8-11H2. The lowest BCUT2D eigenvalue weighted by Crippen LogP contribution is -2.51. The first kappa shape index (κ1) is 13.0. The van der Waals surface area contributed by atoms with Gasteiger partial charge in [-0.2, -0.15) is 0 Å². The molecule has 2 aliphatic rings. The number of anilines is 1. The maximum atomic E-state index is 12.2. The van der Waals surface area contributed by atoms with Gasteiger partial charge in [-0.15, -0.1) is 0 Å². The minimum absolute atomic E-state index is 0.333. The number of nitrogens with zero attached hydrogens (tertiary/aromatic N) is 2. The molecule has 1 aromatic rings. The zero-order chi connectivity index (χ0) is 13.2. The van der Waals surface area contributed by atoms with E-state index in [4.69, 9.17) is 0 Å². The van der Waals surface area contributed by atoms with Gasteiger partial charge in [-0.25, -0.2) is 0 Å². The summed E-state index contributed by atoms with van der Waals surface area (Å²) in [5.74, 6) is 0.723. The SMILES string of the molecule is O=C(C1CCC1)N1CCN(c2ccc(Br)cc2)CC1. The third kappa shape index (κ3) is 2.78. The maximum Gasteiger partial charge on any atom is 0.225 e. The van der Waals surface area contributed by atoms with Crippen molar-refractivity contribution in [2.45, 2.75) is 19.3 Å². The van der Waals surface area contributed by atoms with Crippen LogP contribution in [0.1, 0.15) is 19.3 Å². The summed E-state index contributed by atoms with van der Waals surface area (Å²) in [6.07, 6.45) is 3.44. The third-order valence-electron chi connectivity index (χ3n) is 4.24. The molecule has 0 bridgehead atoms. The van der Waals surface area contributed by atoms with E-state index >= 15 is 0 Å². The second-order valence-electron chi connectivity index (χ2n) is 5.42. The Hall–Kier alpha value is -1.03. The molecule has 1 saturated carbocycles. The van der Waals surface area contributed by atoms with Crippen LogP contribution in [0.25, 0.3) is 0 Å². The highest BCUT2D eigenvalue weighted by Gasteiger charge is 2.31. The molecule has 2 fully saturated rings. The molecule has 0 aromatic heterocycles. The Kier molecular flexibility index (Phi) is 3.78. The van der Waals surface area contributed by atoms with Crippen LogP contribution in [0.4, 0.5) is 5.69 Å². The van der Waals surface area contributed by atoms with Crippen molar-refractivity contribution in [3.63, 3.8) is 0 Å². The molecule has 19 heavy (non-hydrogen) atoms. The quantitative estimate of drug-likeness (QED) is 0.835. The average Bonchev–Trinajstić information content (AvgIpc) is 2.38. The molecule has 1 aliphatic carbocycles. The van der Waals surface area contributed by atoms with Gasteiger partial charge in [-0.3, -0.25) is 4.79 Å². The molecule has 0 unspecified atom stereocenters. The number of amides is 1. The number of halogens is 1. The molecule has 1 aliphatic heterocycles. The molecule has 1 amide bonds. The summed E-state index contributed by atoms with van der Waals surface area (Å²) < 4.78 is 1.11. The number of hydrogen-bond donors (Lipinski definition) is 0. The Labute approximate surface area is 122 Å². The van der Waals surface area contributed by atoms with E-state index in [1.807, 2.05) is 0 Å². The highest BCUT2D eigenvalue weighted by molar-refractivity contribution is 9.10. The van der Waals surface area contributed by atoms with Gasteiger partial charge in [0.15, 0.2) is 0 Å². The molecule has 0 N–H and O–H groups in total. The fourth-order valence-electron chi connectivity index (χ4n) is 2.75. The van der Waals surface area contributed by atoms with Crippen LogP contribution < -0.4 is 4.90 Å². The van der Waals surface area contributed by atoms with Gasteiger partial charge in [-0.1, -0.05) is 22.4 Å². The number of benzene rings is 1. The first-order valence-corrected chi connectivity index (χ1v) is 7.82. The summed E-state index contributed by atoms with van der Waals surface area (Å²) >= 11 is 3.46. The van der Waals surface area contributed by atoms with Crippen LogP contribution >= 0.6 is 15.9 Å². The van der Waals surface area contributed by atoms with E-state index in [2.05, 4.69) is 50.0 Å². The van der Waals surface area contributed by atoms with Crippen molar-refractivity contribution in [1.82, 2.24) is 4.90 Å². The van der Waals surface area contributed by atoms with Crippen LogP contribution in [0.15, 0.2) is 28.7 Å². The average molecular weight is 323 g/mol. The van der Waals surface area contributed by atoms with Crippen molar-refractivity contribution < 1.29 is 4.79 Å². The van der Waals surface area contributed by atoms with E-state index in [0.717, 1.165) is 43.5 Å². The van der Waals surface area contributed by atoms with Gasteiger partial charge < -0.3 is 9.80 Å². The Bertz CT molecular complexity index is 448. The van der Waals surface area contributed by atoms with Crippen LogP contribution in [-0.4, -0.2) is 37.0 Å². The zero-order valence-electron chi connectivity index (χ0n) is 11.0. The van der Waals surface area contributed by atoms with E-state index in [1.54, 1.807) is 0 Å². The van der Waals surface area contributed by atoms with Crippen LogP contribution in [0.2, 0.25) is 0 Å². The van der Waals surface area contributed by atoms with Crippen LogP contribution in [0.3, 0.4) is 0 Å². The van der Waals surface area contributed by atoms with Gasteiger partial charge in [0.05, 0.1) is 0 Å². The predicted octanol–water partition coefficient (Wildman–Crippen LogP) is 2.90. The Morgan fingerprint density at radius 2 is 1.68 bits per heavy atom. The zero-order valence-corrected chi connectivity index (χ0v) is 12.6. The molecule has 102 valence electrons. The number of piperazine rings is 1. The molecular weight excluding hydrogens is 304 g/mol. The van der Waals surface area contributed by atoms with Gasteiger partial charge in [0.2, 0.25) is 5.91 Å². The molecule has 1 saturated heterocycles. The molecule has 4 heteroatoms. The lowest BCUT2D eigenvalue weighted by molar-refractivity contribution is -0.138. The molecule has 3 nitrogen and oxygen atoms in total. The van der Waals surface area contributed by atoms with Crippen molar-refractivity contribution >= 4 is 27.5 Å². The van der Waals surface area contributed by atoms with E-state index in [-0.39, 0.29) is 0 Å². The first-order chi connectivity index (χ1) is 9.24. The van der Waals surface area contributed by atoms with Crippen molar-refractivity contribution in [2.24, 2.45) is 5.92 Å². The van der Waals surface area contributed by atoms with Crippen LogP contribution in [-0.2, 0) is 4.79 Å². The highest BCUT2D eigenvalue weighted by Crippen LogP contribution is 2.29. The molecule has 1 aromatic carbocycles. The number of carbonyl (C=O) groups is 1. The minimum atomic E-state index is 0.333. The Morgan fingerprint density at radius 1 is 1.05 bits per heavy atom. The second kappa shape index (κ2) is 5.53. The summed E-state index contributed by atoms with van der Waals surface area (Å²) in [5, 5.41) is 0. The summed E-state index contributed by atoms with van der Waals surface area (Å²) in [6.45, 7) is 3.62. The largest absolute Gasteiger partial charge is 0.368 e. The molecule has 0 radical (unpaired) electrons. The smallest absolute Gasteiger partial charge is 0.225 e. The molecule has 0 spiro atoms. The van der Waals surface area contributed by atoms with E-state index in [9.17, 15) is 4.79 Å². The fraction of sp³-hybridized carbons (Fsp3) is 0.533. The molecule has 3 rings (SSSR count). The molecular formula is C15H19BrN2O. The lowest BCUT2D eigenvalue weighted by atomic mass is 9.84. The van der Waals surface area contributed by atoms with Gasteiger partial charge in [-0.05, 0) is 37.1 Å². The maximum absolute atomic E-state index is 12.2. The van der Waals surface area contributed by atoms with E-state index in [0.29, 0.717) is 11.8 Å². The van der Waals surface area contributed by atoms with Gasteiger partial charge in [0.25, 0.3) is 0 Å². The summed E-state index contributed by atoms with van der Waals surface area (Å²) in [7, 11) is 0. The Morgan fingerprint density at radius 3 is 2.21 bits per heavy atom. The number of carbonyl (C=O) groups excluding carboxylic acids is 1. The number of rotatable bonds is 2. The molecule has 0 atom stereocenters. The molecule has 1 heterocycles. The van der Waals surface area contributed by atoms with Crippen molar-refractivity contribution in [3.05, 3.63) is 28.7 Å². The van der Waals surface area contributed by atoms with Crippen molar-refractivity contribution in [3.8, 4) is 0 Å². The first-order valence-electron chi connectivity index (χ1n) is 7.03. The van der Waals surface area contributed by atoms with Crippen molar-refractivity contribution in [1.29, 1.82) is 0 Å². The van der Waals surface area contributed by atoms with Gasteiger partial charge in [0, 0.05) is 42.3 Å². The Balaban J connectivity index is 1.56. The third-order valence-corrected chi connectivity index (χ3v) is 4.77. The topological polar surface area (TPSA) is 23.6 Å². The van der Waals surface area contributed by atoms with Crippen LogP contribution in [0, 0.1) is 5.92 Å². The van der Waals surface area contributed by atoms with E-state index < -0.39 is 0 Å². The van der Waals surface area contributed by atoms with Crippen LogP contribution in [0.5, 0.6) is 0 Å². The van der Waals surface area contributed by atoms with Crippen molar-refractivity contribution in [2.75, 3.05) is 31.1 Å². The highest BCUT2D eigenvalue weighted by atomic mass is 79.9. The summed E-state index contributed by atoms with van der Waals surface area (Å²) in [4.78, 5) is 16.6. The lowest BCUT2D eigenvalue weighted by Gasteiger charge is -2.39. The van der Waals surface area contributed by atoms with E-state index in [1.165, 1.54) is 12.1 Å². The fourth-order valence-corrected chi connectivity index (χ4v) is 3.01. The van der Waals surface area contributed by atoms with Gasteiger partial charge >= 0.3 is 0 Å². The second-order valence-corrected chi connectivity index (χ2v) is 6.33. The summed E-state index contributed by atoms with van der Waals surface area (Å²) in [5.41, 5.74) is 1.25.